The summed E-state index contributed by atoms with van der Waals surface area (Å²) in [6.07, 6.45) is -4.81. The molecule has 0 saturated heterocycles. The van der Waals surface area contributed by atoms with Gasteiger partial charge in [-0.2, -0.15) is 5.26 Å². The molecule has 0 saturated carbocycles. The molecule has 0 aliphatic carbocycles. The number of ether oxygens (including phenoxy) is 1. The highest BCUT2D eigenvalue weighted by atomic mass is 79.9. The number of alkyl halides is 4. The summed E-state index contributed by atoms with van der Waals surface area (Å²) in [4.78, 5) is 4.02. The first-order valence-corrected chi connectivity index (χ1v) is 5.67. The minimum atomic E-state index is -4.76. The van der Waals surface area contributed by atoms with Gasteiger partial charge in [0.2, 0.25) is 0 Å². The number of nitrogens with zero attached hydrogens (tertiary/aromatic N) is 2. The number of aromatic nitrogens is 1. The molecular formula is C10H8BrF3N2O. The normalized spacial score (nSPS) is 11.1. The molecule has 92 valence electrons. The summed E-state index contributed by atoms with van der Waals surface area (Å²) in [7, 11) is 0. The van der Waals surface area contributed by atoms with Gasteiger partial charge >= 0.3 is 6.36 Å². The number of hydrogen-bond acceptors (Lipinski definition) is 3. The van der Waals surface area contributed by atoms with E-state index in [0.717, 1.165) is 0 Å². The largest absolute Gasteiger partial charge is 0.573 e. The fraction of sp³-hybridized carbons (Fsp3) is 0.400. The van der Waals surface area contributed by atoms with Gasteiger partial charge in [-0.1, -0.05) is 15.9 Å². The van der Waals surface area contributed by atoms with Crippen molar-refractivity contribution in [1.82, 2.24) is 4.98 Å². The van der Waals surface area contributed by atoms with Crippen LogP contribution in [0.4, 0.5) is 13.2 Å². The van der Waals surface area contributed by atoms with Crippen molar-refractivity contribution in [2.75, 3.05) is 0 Å². The third kappa shape index (κ3) is 3.89. The van der Waals surface area contributed by atoms with Crippen LogP contribution in [0.2, 0.25) is 0 Å². The molecule has 1 aromatic rings. The summed E-state index contributed by atoms with van der Waals surface area (Å²) in [6, 6.07) is 3.06. The van der Waals surface area contributed by atoms with Crippen molar-refractivity contribution in [3.05, 3.63) is 23.0 Å². The first kappa shape index (κ1) is 13.8. The van der Waals surface area contributed by atoms with Gasteiger partial charge in [0.1, 0.15) is 5.75 Å². The van der Waals surface area contributed by atoms with Crippen LogP contribution in [0, 0.1) is 18.3 Å². The van der Waals surface area contributed by atoms with Gasteiger partial charge in [-0.3, -0.25) is 4.98 Å². The molecule has 0 aromatic carbocycles. The first-order chi connectivity index (χ1) is 7.87. The average Bonchev–Trinajstić information content (AvgIpc) is 2.15. The number of nitriles is 1. The van der Waals surface area contributed by atoms with E-state index in [4.69, 9.17) is 5.26 Å². The van der Waals surface area contributed by atoms with E-state index >= 15 is 0 Å². The summed E-state index contributed by atoms with van der Waals surface area (Å²) in [5, 5.41) is 8.73. The number of aryl methyl sites for hydroxylation is 1. The molecule has 0 bridgehead atoms. The Bertz CT molecular complexity index is 454. The van der Waals surface area contributed by atoms with Crippen LogP contribution in [0.1, 0.15) is 17.0 Å². The van der Waals surface area contributed by atoms with E-state index in [0.29, 0.717) is 11.4 Å². The SMILES string of the molecule is Cc1cc(OC(F)(F)F)c(CBr)c(CC#N)n1. The quantitative estimate of drug-likeness (QED) is 0.805. The molecule has 0 atom stereocenters. The fourth-order valence-corrected chi connectivity index (χ4v) is 1.91. The molecule has 1 aromatic heterocycles. The molecule has 0 amide bonds. The fourth-order valence-electron chi connectivity index (χ4n) is 1.31. The molecule has 0 spiro atoms. The van der Waals surface area contributed by atoms with Crippen LogP contribution in [0.25, 0.3) is 0 Å². The molecule has 0 aliphatic heterocycles. The summed E-state index contributed by atoms with van der Waals surface area (Å²) in [6.45, 7) is 1.54. The van der Waals surface area contributed by atoms with E-state index in [-0.39, 0.29) is 23.1 Å². The summed E-state index contributed by atoms with van der Waals surface area (Å²) < 4.78 is 40.5. The Morgan fingerprint density at radius 3 is 2.65 bits per heavy atom. The third-order valence-electron chi connectivity index (χ3n) is 1.90. The van der Waals surface area contributed by atoms with Crippen molar-refractivity contribution in [2.24, 2.45) is 0 Å². The third-order valence-corrected chi connectivity index (χ3v) is 2.46. The summed E-state index contributed by atoms with van der Waals surface area (Å²) >= 11 is 3.06. The highest BCUT2D eigenvalue weighted by Gasteiger charge is 2.32. The Morgan fingerprint density at radius 1 is 1.53 bits per heavy atom. The highest BCUT2D eigenvalue weighted by Crippen LogP contribution is 2.30. The lowest BCUT2D eigenvalue weighted by Gasteiger charge is -2.14. The Labute approximate surface area is 104 Å². The number of halogens is 4. The molecule has 7 heteroatoms. The number of pyridine rings is 1. The molecule has 1 rings (SSSR count). The molecule has 1 heterocycles. The minimum Gasteiger partial charge on any atom is -0.405 e. The maximum absolute atomic E-state index is 12.2. The van der Waals surface area contributed by atoms with Crippen LogP contribution in [-0.2, 0) is 11.8 Å². The zero-order chi connectivity index (χ0) is 13.1. The van der Waals surface area contributed by atoms with Gasteiger partial charge in [0.15, 0.2) is 0 Å². The predicted octanol–water partition coefficient (Wildman–Crippen LogP) is 3.25. The summed E-state index contributed by atoms with van der Waals surface area (Å²) in [5.41, 5.74) is 0.914. The second kappa shape index (κ2) is 5.36. The van der Waals surface area contributed by atoms with Crippen molar-refractivity contribution < 1.29 is 17.9 Å². The van der Waals surface area contributed by atoms with Gasteiger partial charge in [-0.05, 0) is 6.92 Å². The van der Waals surface area contributed by atoms with E-state index in [1.54, 1.807) is 6.92 Å². The molecule has 0 N–H and O–H groups in total. The highest BCUT2D eigenvalue weighted by molar-refractivity contribution is 9.08. The van der Waals surface area contributed by atoms with Gasteiger partial charge < -0.3 is 4.74 Å². The van der Waals surface area contributed by atoms with Crippen molar-refractivity contribution in [3.8, 4) is 11.8 Å². The maximum Gasteiger partial charge on any atom is 0.573 e. The van der Waals surface area contributed by atoms with Gasteiger partial charge in [-0.25, -0.2) is 0 Å². The van der Waals surface area contributed by atoms with Crippen molar-refractivity contribution >= 4 is 15.9 Å². The van der Waals surface area contributed by atoms with Gasteiger partial charge in [0, 0.05) is 22.7 Å². The van der Waals surface area contributed by atoms with Crippen molar-refractivity contribution in [1.29, 1.82) is 5.26 Å². The molecule has 0 fully saturated rings. The average molecular weight is 309 g/mol. The molecule has 17 heavy (non-hydrogen) atoms. The van der Waals surface area contributed by atoms with Crippen LogP contribution in [0.3, 0.4) is 0 Å². The van der Waals surface area contributed by atoms with E-state index in [1.165, 1.54) is 6.07 Å². The zero-order valence-corrected chi connectivity index (χ0v) is 10.4. The van der Waals surface area contributed by atoms with Crippen molar-refractivity contribution in [3.63, 3.8) is 0 Å². The standard InChI is InChI=1S/C10H8BrF3N2O/c1-6-4-9(17-10(12,13)14)7(5-11)8(16-6)2-3-15/h4H,2,5H2,1H3. The van der Waals surface area contributed by atoms with Crippen LogP contribution >= 0.6 is 15.9 Å². The van der Waals surface area contributed by atoms with Gasteiger partial charge in [0.05, 0.1) is 18.2 Å². The number of hydrogen-bond donors (Lipinski definition) is 0. The zero-order valence-electron chi connectivity index (χ0n) is 8.81. The summed E-state index contributed by atoms with van der Waals surface area (Å²) in [5.74, 6) is -0.313. The molecule has 0 unspecified atom stereocenters. The second-order valence-corrected chi connectivity index (χ2v) is 3.76. The first-order valence-electron chi connectivity index (χ1n) is 4.55. The Kier molecular flexibility index (Phi) is 4.34. The predicted molar refractivity (Wildman–Crippen MR) is 57.6 cm³/mol. The van der Waals surface area contributed by atoms with Crippen LogP contribution in [0.15, 0.2) is 6.07 Å². The van der Waals surface area contributed by atoms with Crippen molar-refractivity contribution in [2.45, 2.75) is 25.0 Å². The van der Waals surface area contributed by atoms with Crippen LogP contribution in [0.5, 0.6) is 5.75 Å². The molecule has 0 radical (unpaired) electrons. The van der Waals surface area contributed by atoms with Gasteiger partial charge in [0.25, 0.3) is 0 Å². The van der Waals surface area contributed by atoms with Crippen LogP contribution in [-0.4, -0.2) is 11.3 Å². The minimum absolute atomic E-state index is 0.0587. The topological polar surface area (TPSA) is 45.9 Å². The smallest absolute Gasteiger partial charge is 0.405 e. The lowest BCUT2D eigenvalue weighted by atomic mass is 10.1. The molecule has 3 nitrogen and oxygen atoms in total. The van der Waals surface area contributed by atoms with Gasteiger partial charge in [-0.15, -0.1) is 13.2 Å². The Hall–Kier alpha value is -1.29. The molecule has 0 aliphatic rings. The van der Waals surface area contributed by atoms with E-state index in [9.17, 15) is 13.2 Å². The lowest BCUT2D eigenvalue weighted by Crippen LogP contribution is -2.19. The van der Waals surface area contributed by atoms with E-state index < -0.39 is 6.36 Å². The monoisotopic (exact) mass is 308 g/mol. The Morgan fingerprint density at radius 2 is 2.18 bits per heavy atom. The molecular weight excluding hydrogens is 301 g/mol. The lowest BCUT2D eigenvalue weighted by molar-refractivity contribution is -0.274. The van der Waals surface area contributed by atoms with Crippen LogP contribution < -0.4 is 4.74 Å². The second-order valence-electron chi connectivity index (χ2n) is 3.20. The maximum atomic E-state index is 12.2. The van der Waals surface area contributed by atoms with E-state index in [1.807, 2.05) is 6.07 Å². The number of rotatable bonds is 3. The van der Waals surface area contributed by atoms with E-state index in [2.05, 4.69) is 25.7 Å². The Balaban J connectivity index is 3.24.